The third-order valence-electron chi connectivity index (χ3n) is 7.80. The first-order valence-corrected chi connectivity index (χ1v) is 13.3. The Hall–Kier alpha value is -3.30. The minimum atomic E-state index is -0.388. The quantitative estimate of drug-likeness (QED) is 0.651. The number of thiophene rings is 1. The Labute approximate surface area is 214 Å². The van der Waals surface area contributed by atoms with Gasteiger partial charge in [0, 0.05) is 68.9 Å². The summed E-state index contributed by atoms with van der Waals surface area (Å²) < 4.78 is 0. The second-order valence-corrected chi connectivity index (χ2v) is 11.0. The van der Waals surface area contributed by atoms with Gasteiger partial charge in [-0.2, -0.15) is 0 Å². The van der Waals surface area contributed by atoms with E-state index in [1.54, 1.807) is 28.5 Å². The van der Waals surface area contributed by atoms with Crippen molar-refractivity contribution < 1.29 is 14.4 Å². The van der Waals surface area contributed by atoms with E-state index in [0.717, 1.165) is 30.6 Å². The van der Waals surface area contributed by atoms with Crippen LogP contribution in [0, 0.1) is 11.8 Å². The second-order valence-electron chi connectivity index (χ2n) is 10.1. The fourth-order valence-corrected chi connectivity index (χ4v) is 6.59. The van der Waals surface area contributed by atoms with Crippen molar-refractivity contribution in [2.24, 2.45) is 11.8 Å². The largest absolute Gasteiger partial charge is 0.340 e. The number of fused-ring (bicyclic) bond motifs is 3. The lowest BCUT2D eigenvalue weighted by Crippen LogP contribution is -2.57. The first-order valence-electron chi connectivity index (χ1n) is 12.5. The summed E-state index contributed by atoms with van der Waals surface area (Å²) in [5.41, 5.74) is 3.17. The van der Waals surface area contributed by atoms with E-state index in [1.807, 2.05) is 17.0 Å². The lowest BCUT2D eigenvalue weighted by molar-refractivity contribution is -0.134. The molecule has 0 bridgehead atoms. The zero-order valence-corrected chi connectivity index (χ0v) is 21.0. The molecule has 9 heteroatoms. The summed E-state index contributed by atoms with van der Waals surface area (Å²) in [4.78, 5) is 49.1. The normalized spacial score (nSPS) is 25.8. The molecule has 1 N–H and O–H groups in total. The number of piperazine rings is 1. The van der Waals surface area contributed by atoms with Crippen LogP contribution in [0.25, 0.3) is 11.6 Å². The summed E-state index contributed by atoms with van der Waals surface area (Å²) in [6.07, 6.45) is 8.54. The number of hydrogen-bond donors (Lipinski definition) is 1. The smallest absolute Gasteiger partial charge is 0.246 e. The Balaban J connectivity index is 1.11. The van der Waals surface area contributed by atoms with Gasteiger partial charge in [0.1, 0.15) is 11.9 Å². The topological polar surface area (TPSA) is 85.8 Å². The first-order chi connectivity index (χ1) is 17.4. The molecule has 2 fully saturated rings. The molecule has 6 rings (SSSR count). The summed E-state index contributed by atoms with van der Waals surface area (Å²) in [5, 5.41) is 5.03. The Bertz CT molecular complexity index is 1270. The van der Waals surface area contributed by atoms with Crippen molar-refractivity contribution >= 4 is 46.5 Å². The van der Waals surface area contributed by atoms with E-state index in [4.69, 9.17) is 0 Å². The summed E-state index contributed by atoms with van der Waals surface area (Å²) >= 11 is 1.78. The van der Waals surface area contributed by atoms with E-state index in [0.29, 0.717) is 43.8 Å². The van der Waals surface area contributed by atoms with Gasteiger partial charge in [0.2, 0.25) is 17.7 Å². The van der Waals surface area contributed by atoms with Crippen molar-refractivity contribution in [1.29, 1.82) is 0 Å². The van der Waals surface area contributed by atoms with Crippen molar-refractivity contribution in [3.63, 3.8) is 0 Å². The molecule has 1 aliphatic carbocycles. The van der Waals surface area contributed by atoms with Crippen LogP contribution in [0.15, 0.2) is 41.9 Å². The molecule has 36 heavy (non-hydrogen) atoms. The molecule has 3 atom stereocenters. The maximum atomic E-state index is 12.9. The standard InChI is InChI=1S/C27H29N5O3S/c1-17(33)30-6-7-31-15-22-9-18(12-28-26(22)29-27(35)23(31)16-30)4-5-25(34)32-13-20-10-19(11-21(20)14-32)24-3-2-8-36-24/h2-5,8-10,12,20-21,23H,6-7,11,13-16H2,1H3,(H,28,29,35). The number of hydrogen-bond acceptors (Lipinski definition) is 6. The molecule has 8 nitrogen and oxygen atoms in total. The van der Waals surface area contributed by atoms with Gasteiger partial charge in [-0.1, -0.05) is 12.1 Å². The van der Waals surface area contributed by atoms with E-state index in [1.165, 1.54) is 17.4 Å². The molecule has 3 aliphatic heterocycles. The van der Waals surface area contributed by atoms with E-state index < -0.39 is 0 Å². The average Bonchev–Trinajstić information content (AvgIpc) is 3.59. The molecule has 3 unspecified atom stereocenters. The monoisotopic (exact) mass is 503 g/mol. The van der Waals surface area contributed by atoms with Gasteiger partial charge < -0.3 is 15.1 Å². The van der Waals surface area contributed by atoms with Crippen LogP contribution in [0.3, 0.4) is 0 Å². The van der Waals surface area contributed by atoms with Crippen LogP contribution in [0.4, 0.5) is 5.82 Å². The lowest BCUT2D eigenvalue weighted by Gasteiger charge is -2.38. The molecular weight excluding hydrogens is 474 g/mol. The van der Waals surface area contributed by atoms with Crippen molar-refractivity contribution in [2.45, 2.75) is 25.9 Å². The van der Waals surface area contributed by atoms with Gasteiger partial charge in [0.05, 0.1) is 0 Å². The molecule has 2 aromatic rings. The predicted molar refractivity (Wildman–Crippen MR) is 139 cm³/mol. The van der Waals surface area contributed by atoms with Crippen LogP contribution < -0.4 is 5.32 Å². The Morgan fingerprint density at radius 1 is 1.19 bits per heavy atom. The molecule has 0 spiro atoms. The molecule has 186 valence electrons. The number of carbonyl (C=O) groups is 3. The van der Waals surface area contributed by atoms with Crippen molar-refractivity contribution in [3.8, 4) is 0 Å². The molecule has 0 saturated carbocycles. The van der Waals surface area contributed by atoms with Gasteiger partial charge in [-0.05, 0) is 53.0 Å². The van der Waals surface area contributed by atoms with Crippen molar-refractivity contribution in [2.75, 3.05) is 38.0 Å². The van der Waals surface area contributed by atoms with Gasteiger partial charge in [-0.3, -0.25) is 19.3 Å². The molecule has 4 aliphatic rings. The summed E-state index contributed by atoms with van der Waals surface area (Å²) in [6, 6.07) is 5.87. The molecule has 0 radical (unpaired) electrons. The Kier molecular flexibility index (Phi) is 5.97. The minimum absolute atomic E-state index is 0.0139. The zero-order valence-electron chi connectivity index (χ0n) is 20.2. The fraction of sp³-hybridized carbons (Fsp3) is 0.407. The zero-order chi connectivity index (χ0) is 24.8. The van der Waals surface area contributed by atoms with E-state index in [-0.39, 0.29) is 23.8 Å². The highest BCUT2D eigenvalue weighted by molar-refractivity contribution is 7.11. The van der Waals surface area contributed by atoms with Gasteiger partial charge in [0.25, 0.3) is 0 Å². The van der Waals surface area contributed by atoms with Crippen LogP contribution in [0.2, 0.25) is 0 Å². The number of nitrogens with one attached hydrogen (secondary N) is 1. The molecule has 2 saturated heterocycles. The fourth-order valence-electron chi connectivity index (χ4n) is 5.82. The van der Waals surface area contributed by atoms with Gasteiger partial charge in [-0.25, -0.2) is 4.98 Å². The predicted octanol–water partition coefficient (Wildman–Crippen LogP) is 2.70. The minimum Gasteiger partial charge on any atom is -0.340 e. The van der Waals surface area contributed by atoms with Gasteiger partial charge in [0.15, 0.2) is 0 Å². The second kappa shape index (κ2) is 9.29. The number of pyridine rings is 1. The number of likely N-dealkylation sites (tertiary alicyclic amines) is 1. The highest BCUT2D eigenvalue weighted by atomic mass is 32.1. The average molecular weight is 504 g/mol. The number of anilines is 1. The highest BCUT2D eigenvalue weighted by Crippen LogP contribution is 2.42. The van der Waals surface area contributed by atoms with E-state index in [2.05, 4.69) is 38.8 Å². The van der Waals surface area contributed by atoms with Crippen LogP contribution in [-0.4, -0.2) is 76.2 Å². The number of amides is 3. The molecule has 0 aromatic carbocycles. The van der Waals surface area contributed by atoms with E-state index in [9.17, 15) is 14.4 Å². The van der Waals surface area contributed by atoms with Crippen LogP contribution in [0.5, 0.6) is 0 Å². The molecule has 2 aromatic heterocycles. The first kappa shape index (κ1) is 23.1. The van der Waals surface area contributed by atoms with Gasteiger partial charge in [-0.15, -0.1) is 11.3 Å². The summed E-state index contributed by atoms with van der Waals surface area (Å²) in [6.45, 7) is 5.30. The number of nitrogens with zero attached hydrogens (tertiary/aromatic N) is 4. The molecule has 5 heterocycles. The SMILES string of the molecule is CC(=O)N1CCN2Cc3cc(C=CC(=O)N4CC5C=C(c6cccs6)CC5C4)cnc3NC(=O)C2C1. The number of aromatic nitrogens is 1. The molecular formula is C27H29N5O3S. The highest BCUT2D eigenvalue weighted by Gasteiger charge is 2.38. The number of rotatable bonds is 3. The summed E-state index contributed by atoms with van der Waals surface area (Å²) in [7, 11) is 0. The maximum Gasteiger partial charge on any atom is 0.246 e. The van der Waals surface area contributed by atoms with Crippen LogP contribution in [-0.2, 0) is 20.9 Å². The van der Waals surface area contributed by atoms with Crippen LogP contribution >= 0.6 is 11.3 Å². The van der Waals surface area contributed by atoms with Gasteiger partial charge >= 0.3 is 0 Å². The number of carbonyl (C=O) groups excluding carboxylic acids is 3. The Morgan fingerprint density at radius 2 is 2.08 bits per heavy atom. The maximum absolute atomic E-state index is 12.9. The third kappa shape index (κ3) is 4.37. The van der Waals surface area contributed by atoms with Crippen molar-refractivity contribution in [1.82, 2.24) is 19.7 Å². The van der Waals surface area contributed by atoms with Crippen molar-refractivity contribution in [3.05, 3.63) is 57.9 Å². The lowest BCUT2D eigenvalue weighted by atomic mass is 10.00. The van der Waals surface area contributed by atoms with E-state index >= 15 is 0 Å². The third-order valence-corrected chi connectivity index (χ3v) is 8.74. The van der Waals surface area contributed by atoms with Crippen LogP contribution in [0.1, 0.15) is 29.3 Å². The summed E-state index contributed by atoms with van der Waals surface area (Å²) in [5.74, 6) is 1.37. The molecule has 3 amide bonds. The number of allylic oxidation sites excluding steroid dienone is 1. The Morgan fingerprint density at radius 3 is 2.86 bits per heavy atom.